The Morgan fingerprint density at radius 3 is 2.26 bits per heavy atom. The van der Waals surface area contributed by atoms with Gasteiger partial charge in [0.05, 0.1) is 11.5 Å². The smallest absolute Gasteiger partial charge is 0.323 e. The molecule has 0 radical (unpaired) electrons. The second-order valence-corrected chi connectivity index (χ2v) is 8.88. The molecule has 0 aliphatic heterocycles. The highest BCUT2D eigenvalue weighted by Gasteiger charge is 2.14. The largest absolute Gasteiger partial charge is 0.492 e. The lowest BCUT2D eigenvalue weighted by Gasteiger charge is -2.13. The van der Waals surface area contributed by atoms with E-state index in [9.17, 15) is 4.79 Å². The first-order valence-corrected chi connectivity index (χ1v) is 12.5. The van der Waals surface area contributed by atoms with Gasteiger partial charge in [0.2, 0.25) is 0 Å². The first-order valence-electron chi connectivity index (χ1n) is 10.9. The lowest BCUT2D eigenvalue weighted by molar-refractivity contribution is 0.261. The molecule has 0 aliphatic rings. The van der Waals surface area contributed by atoms with Gasteiger partial charge in [0.15, 0.2) is 5.82 Å². The van der Waals surface area contributed by atoms with E-state index in [1.165, 1.54) is 11.8 Å². The molecule has 4 N–H and O–H groups in total. The standard InChI is InChI=1S/C24H29ClN6O3S/c1-31(2)13-15-34-19-10-8-18(9-11-19)28-24(33)27-17-6-4-16(5-7-17)22-29-21(25)20(35-3)23(30-22)26-12-14-32/h4-11,32H,12-15H2,1-3H3,(H,26,29,30)(H2,27,28,33). The average molecular weight is 517 g/mol. The molecule has 3 aromatic rings. The third-order valence-corrected chi connectivity index (χ3v) is 5.93. The van der Waals surface area contributed by atoms with Gasteiger partial charge in [0.25, 0.3) is 0 Å². The Morgan fingerprint density at radius 1 is 1.06 bits per heavy atom. The van der Waals surface area contributed by atoms with Crippen LogP contribution in [0.1, 0.15) is 0 Å². The number of carbonyl (C=O) groups excluding carboxylic acids is 1. The van der Waals surface area contributed by atoms with Crippen molar-refractivity contribution in [1.82, 2.24) is 14.9 Å². The van der Waals surface area contributed by atoms with Crippen LogP contribution in [0.3, 0.4) is 0 Å². The molecular weight excluding hydrogens is 488 g/mol. The van der Waals surface area contributed by atoms with E-state index in [0.717, 1.165) is 17.9 Å². The van der Waals surface area contributed by atoms with Gasteiger partial charge >= 0.3 is 6.03 Å². The summed E-state index contributed by atoms with van der Waals surface area (Å²) in [6, 6.07) is 14.0. The second-order valence-electron chi connectivity index (χ2n) is 7.70. The van der Waals surface area contributed by atoms with Gasteiger partial charge in [-0.05, 0) is 68.9 Å². The fourth-order valence-corrected chi connectivity index (χ4v) is 3.93. The van der Waals surface area contributed by atoms with Crippen LogP contribution in [0.15, 0.2) is 53.4 Å². The van der Waals surface area contributed by atoms with Crippen molar-refractivity contribution in [3.05, 3.63) is 53.7 Å². The number of benzene rings is 2. The number of hydrogen-bond donors (Lipinski definition) is 4. The molecule has 1 aromatic heterocycles. The molecule has 0 spiro atoms. The van der Waals surface area contributed by atoms with Crippen molar-refractivity contribution in [3.8, 4) is 17.1 Å². The minimum atomic E-state index is -0.363. The van der Waals surface area contributed by atoms with Crippen LogP contribution >= 0.6 is 23.4 Å². The molecular formula is C24H29ClN6O3S. The van der Waals surface area contributed by atoms with E-state index in [1.807, 2.05) is 37.4 Å². The number of carbonyl (C=O) groups is 1. The maximum atomic E-state index is 12.4. The molecule has 0 bridgehead atoms. The molecule has 11 heteroatoms. The Hall–Kier alpha value is -3.05. The number of urea groups is 1. The number of anilines is 3. The Kier molecular flexibility index (Phi) is 9.98. The van der Waals surface area contributed by atoms with E-state index >= 15 is 0 Å². The number of ether oxygens (including phenoxy) is 1. The molecule has 0 fully saturated rings. The fourth-order valence-electron chi connectivity index (χ4n) is 3.00. The number of rotatable bonds is 11. The third kappa shape index (κ3) is 8.00. The molecule has 0 saturated heterocycles. The summed E-state index contributed by atoms with van der Waals surface area (Å²) in [6.07, 6.45) is 1.88. The van der Waals surface area contributed by atoms with E-state index < -0.39 is 0 Å². The van der Waals surface area contributed by atoms with Crippen LogP contribution in [-0.2, 0) is 0 Å². The highest BCUT2D eigenvalue weighted by atomic mass is 35.5. The van der Waals surface area contributed by atoms with Gasteiger partial charge in [-0.1, -0.05) is 11.6 Å². The molecule has 186 valence electrons. The van der Waals surface area contributed by atoms with E-state index in [1.54, 1.807) is 36.4 Å². The minimum Gasteiger partial charge on any atom is -0.492 e. The number of halogens is 1. The topological polar surface area (TPSA) is 112 Å². The number of aliphatic hydroxyl groups is 1. The van der Waals surface area contributed by atoms with Gasteiger partial charge in [0.1, 0.15) is 23.3 Å². The third-order valence-electron chi connectivity index (χ3n) is 4.75. The van der Waals surface area contributed by atoms with Crippen molar-refractivity contribution in [2.75, 3.05) is 62.6 Å². The molecule has 9 nitrogen and oxygen atoms in total. The molecule has 0 saturated carbocycles. The lowest BCUT2D eigenvalue weighted by atomic mass is 10.2. The summed E-state index contributed by atoms with van der Waals surface area (Å²) in [5.74, 6) is 1.75. The summed E-state index contributed by atoms with van der Waals surface area (Å²) < 4.78 is 5.66. The molecule has 0 aliphatic carbocycles. The van der Waals surface area contributed by atoms with Gasteiger partial charge in [-0.15, -0.1) is 11.8 Å². The van der Waals surface area contributed by atoms with Crippen molar-refractivity contribution in [2.45, 2.75) is 4.90 Å². The summed E-state index contributed by atoms with van der Waals surface area (Å²) >= 11 is 7.77. The number of aliphatic hydroxyl groups excluding tert-OH is 1. The SMILES string of the molecule is CSc1c(Cl)nc(-c2ccc(NC(=O)Nc3ccc(OCCN(C)C)cc3)cc2)nc1NCCO. The number of hydrogen-bond acceptors (Lipinski definition) is 8. The Balaban J connectivity index is 1.60. The van der Waals surface area contributed by atoms with Crippen LogP contribution in [-0.4, -0.2) is 72.7 Å². The first-order chi connectivity index (χ1) is 16.9. The molecule has 0 atom stereocenters. The average Bonchev–Trinajstić information content (AvgIpc) is 2.83. The van der Waals surface area contributed by atoms with E-state index in [2.05, 4.69) is 25.9 Å². The zero-order valence-corrected chi connectivity index (χ0v) is 21.4. The van der Waals surface area contributed by atoms with Crippen molar-refractivity contribution in [1.29, 1.82) is 0 Å². The maximum Gasteiger partial charge on any atom is 0.323 e. The fraction of sp³-hybridized carbons (Fsp3) is 0.292. The Labute approximate surface area is 214 Å². The summed E-state index contributed by atoms with van der Waals surface area (Å²) in [6.45, 7) is 1.74. The molecule has 2 aromatic carbocycles. The molecule has 3 rings (SSSR count). The van der Waals surface area contributed by atoms with E-state index in [4.69, 9.17) is 21.4 Å². The Morgan fingerprint density at radius 2 is 1.69 bits per heavy atom. The molecule has 2 amide bonds. The van der Waals surface area contributed by atoms with Gasteiger partial charge < -0.3 is 30.7 Å². The molecule has 0 unspecified atom stereocenters. The molecule has 35 heavy (non-hydrogen) atoms. The van der Waals surface area contributed by atoms with Crippen LogP contribution in [0.4, 0.5) is 22.0 Å². The lowest BCUT2D eigenvalue weighted by Crippen LogP contribution is -2.20. The number of thioether (sulfide) groups is 1. The zero-order valence-electron chi connectivity index (χ0n) is 19.8. The van der Waals surface area contributed by atoms with E-state index in [-0.39, 0.29) is 12.6 Å². The number of nitrogens with one attached hydrogen (secondary N) is 3. The van der Waals surface area contributed by atoms with E-state index in [0.29, 0.717) is 46.2 Å². The predicted octanol–water partition coefficient (Wildman–Crippen LogP) is 4.51. The number of amides is 2. The minimum absolute atomic E-state index is 0.0259. The predicted molar refractivity (Wildman–Crippen MR) is 143 cm³/mol. The summed E-state index contributed by atoms with van der Waals surface area (Å²) in [5, 5.41) is 18.1. The summed E-state index contributed by atoms with van der Waals surface area (Å²) in [5.41, 5.74) is 2.00. The quantitative estimate of drug-likeness (QED) is 0.217. The highest BCUT2D eigenvalue weighted by molar-refractivity contribution is 7.98. The van der Waals surface area contributed by atoms with Crippen LogP contribution in [0.25, 0.3) is 11.4 Å². The monoisotopic (exact) mass is 516 g/mol. The zero-order chi connectivity index (χ0) is 25.2. The maximum absolute atomic E-state index is 12.4. The van der Waals surface area contributed by atoms with Crippen molar-refractivity contribution < 1.29 is 14.6 Å². The number of nitrogens with zero attached hydrogens (tertiary/aromatic N) is 3. The van der Waals surface area contributed by atoms with Gasteiger partial charge in [-0.2, -0.15) is 0 Å². The summed E-state index contributed by atoms with van der Waals surface area (Å²) in [4.78, 5) is 24.1. The highest BCUT2D eigenvalue weighted by Crippen LogP contribution is 2.32. The van der Waals surface area contributed by atoms with Crippen molar-refractivity contribution in [3.63, 3.8) is 0 Å². The second kappa shape index (κ2) is 13.1. The normalized spacial score (nSPS) is 10.8. The Bertz CT molecular complexity index is 1110. The number of aromatic nitrogens is 2. The summed E-state index contributed by atoms with van der Waals surface area (Å²) in [7, 11) is 3.98. The van der Waals surface area contributed by atoms with Gasteiger partial charge in [-0.25, -0.2) is 14.8 Å². The van der Waals surface area contributed by atoms with Crippen LogP contribution in [0.5, 0.6) is 5.75 Å². The molecule has 1 heterocycles. The van der Waals surface area contributed by atoms with Crippen LogP contribution in [0, 0.1) is 0 Å². The van der Waals surface area contributed by atoms with Crippen molar-refractivity contribution >= 4 is 46.6 Å². The van der Waals surface area contributed by atoms with Gasteiger partial charge in [0, 0.05) is 30.0 Å². The van der Waals surface area contributed by atoms with Crippen LogP contribution in [0.2, 0.25) is 5.15 Å². The van der Waals surface area contributed by atoms with Crippen molar-refractivity contribution in [2.24, 2.45) is 0 Å². The first kappa shape index (κ1) is 26.6. The number of likely N-dealkylation sites (N-methyl/N-ethyl adjacent to an activating group) is 1. The van der Waals surface area contributed by atoms with Gasteiger partial charge in [-0.3, -0.25) is 0 Å². The van der Waals surface area contributed by atoms with Crippen LogP contribution < -0.4 is 20.7 Å².